The van der Waals surface area contributed by atoms with Gasteiger partial charge in [0, 0.05) is 29.8 Å². The number of hydrogen-bond donors (Lipinski definition) is 2. The number of halogens is 3. The van der Waals surface area contributed by atoms with Crippen molar-refractivity contribution in [2.24, 2.45) is 15.7 Å². The minimum Gasteiger partial charge on any atom is -0.390 e. The van der Waals surface area contributed by atoms with Crippen LogP contribution in [0.3, 0.4) is 0 Å². The third-order valence-electron chi connectivity index (χ3n) is 4.48. The number of amides is 1. The number of carbonyl (C=O) groups is 1. The molecule has 4 rings (SSSR count). The summed E-state index contributed by atoms with van der Waals surface area (Å²) in [4.78, 5) is 28.2. The highest BCUT2D eigenvalue weighted by atomic mass is 19.4. The first-order chi connectivity index (χ1) is 16.8. The van der Waals surface area contributed by atoms with Crippen LogP contribution < -0.4 is 11.1 Å². The van der Waals surface area contributed by atoms with Crippen LogP contribution >= 0.6 is 0 Å². The Morgan fingerprint density at radius 3 is 2.80 bits per heavy atom. The van der Waals surface area contributed by atoms with E-state index in [9.17, 15) is 18.0 Å². The minimum atomic E-state index is -4.65. The molecule has 0 aliphatic heterocycles. The molecule has 174 valence electrons. The number of fused-ring (bicyclic) bond motifs is 1. The Morgan fingerprint density at radius 1 is 1.14 bits per heavy atom. The van der Waals surface area contributed by atoms with E-state index in [1.54, 1.807) is 29.0 Å². The maximum atomic E-state index is 13.3. The zero-order chi connectivity index (χ0) is 24.8. The molecule has 0 fully saturated rings. The van der Waals surface area contributed by atoms with Gasteiger partial charge in [0.1, 0.15) is 12.0 Å². The van der Waals surface area contributed by atoms with Crippen LogP contribution in [0.25, 0.3) is 5.65 Å². The molecule has 0 saturated carbocycles. The Hall–Kier alpha value is -5.05. The van der Waals surface area contributed by atoms with Crippen molar-refractivity contribution in [3.8, 4) is 11.8 Å². The lowest BCUT2D eigenvalue weighted by molar-refractivity contribution is -0.137. The Labute approximate surface area is 196 Å². The Balaban J connectivity index is 1.58. The summed E-state index contributed by atoms with van der Waals surface area (Å²) in [5, 5.41) is 6.60. The third-order valence-corrected chi connectivity index (χ3v) is 4.48. The van der Waals surface area contributed by atoms with Crippen LogP contribution in [0.5, 0.6) is 0 Å². The minimum absolute atomic E-state index is 0.0693. The van der Waals surface area contributed by atoms with Crippen molar-refractivity contribution in [3.05, 3.63) is 83.6 Å². The number of nitrogens with zero attached hydrogens (tertiary/aromatic N) is 6. The Morgan fingerprint density at radius 2 is 2.00 bits per heavy atom. The lowest BCUT2D eigenvalue weighted by atomic mass is 10.1. The van der Waals surface area contributed by atoms with Gasteiger partial charge in [-0.3, -0.25) is 9.78 Å². The SMILES string of the molecule is NC=NC=Nc1cc(NC(=O)c2cncc(C#Cc3cnc4cccnn34)c2)cc(C(F)(F)F)c1. The van der Waals surface area contributed by atoms with Crippen LogP contribution in [0.1, 0.15) is 27.2 Å². The second-order valence-corrected chi connectivity index (χ2v) is 6.91. The molecule has 0 spiro atoms. The van der Waals surface area contributed by atoms with Crippen LogP contribution in [0.2, 0.25) is 0 Å². The fourth-order valence-electron chi connectivity index (χ4n) is 2.95. The van der Waals surface area contributed by atoms with Gasteiger partial charge >= 0.3 is 6.18 Å². The topological polar surface area (TPSA) is 123 Å². The van der Waals surface area contributed by atoms with Crippen molar-refractivity contribution >= 4 is 35.6 Å². The van der Waals surface area contributed by atoms with Crippen molar-refractivity contribution in [2.75, 3.05) is 5.32 Å². The zero-order valence-corrected chi connectivity index (χ0v) is 17.7. The molecule has 3 N–H and O–H groups in total. The van der Waals surface area contributed by atoms with Crippen molar-refractivity contribution in [1.82, 2.24) is 19.6 Å². The predicted molar refractivity (Wildman–Crippen MR) is 123 cm³/mol. The second-order valence-electron chi connectivity index (χ2n) is 6.91. The van der Waals surface area contributed by atoms with Crippen molar-refractivity contribution in [2.45, 2.75) is 6.18 Å². The number of anilines is 1. The lowest BCUT2D eigenvalue weighted by Crippen LogP contribution is -2.13. The van der Waals surface area contributed by atoms with Gasteiger partial charge in [0.2, 0.25) is 0 Å². The predicted octanol–water partition coefficient (Wildman–Crippen LogP) is 3.44. The van der Waals surface area contributed by atoms with E-state index in [-0.39, 0.29) is 16.9 Å². The number of nitrogens with two attached hydrogens (primary N) is 1. The van der Waals surface area contributed by atoms with E-state index in [4.69, 9.17) is 5.73 Å². The number of alkyl halides is 3. The highest BCUT2D eigenvalue weighted by Crippen LogP contribution is 2.34. The van der Waals surface area contributed by atoms with Crippen molar-refractivity contribution in [1.29, 1.82) is 0 Å². The average molecular weight is 476 g/mol. The van der Waals surface area contributed by atoms with Crippen LogP contribution in [-0.4, -0.2) is 38.2 Å². The average Bonchev–Trinajstić information content (AvgIpc) is 3.25. The smallest absolute Gasteiger partial charge is 0.390 e. The number of pyridine rings is 1. The number of hydrogen-bond acceptors (Lipinski definition) is 5. The van der Waals surface area contributed by atoms with E-state index >= 15 is 0 Å². The van der Waals surface area contributed by atoms with Crippen LogP contribution in [0.4, 0.5) is 24.5 Å². The Kier molecular flexibility index (Phi) is 6.50. The van der Waals surface area contributed by atoms with Gasteiger partial charge in [-0.05, 0) is 42.3 Å². The van der Waals surface area contributed by atoms with E-state index in [0.29, 0.717) is 16.9 Å². The molecule has 3 aromatic heterocycles. The fraction of sp³-hybridized carbons (Fsp3) is 0.0435. The number of aromatic nitrogens is 4. The number of nitrogens with one attached hydrogen (secondary N) is 1. The Bertz CT molecular complexity index is 1510. The summed E-state index contributed by atoms with van der Waals surface area (Å²) >= 11 is 0. The molecule has 1 aromatic carbocycles. The molecule has 9 nitrogen and oxygen atoms in total. The molecular weight excluding hydrogens is 461 g/mol. The van der Waals surface area contributed by atoms with Crippen LogP contribution in [0.15, 0.2) is 71.2 Å². The summed E-state index contributed by atoms with van der Waals surface area (Å²) < 4.78 is 41.5. The summed E-state index contributed by atoms with van der Waals surface area (Å²) in [6.45, 7) is 0. The molecule has 1 amide bonds. The van der Waals surface area contributed by atoms with Gasteiger partial charge in [0.05, 0.1) is 29.3 Å². The molecule has 0 bridgehead atoms. The molecule has 35 heavy (non-hydrogen) atoms. The molecule has 0 aliphatic carbocycles. The second kappa shape index (κ2) is 9.84. The summed E-state index contributed by atoms with van der Waals surface area (Å²) in [6.07, 6.45) is 3.18. The number of carbonyl (C=O) groups excluding carboxylic acids is 1. The first-order valence-electron chi connectivity index (χ1n) is 9.89. The largest absolute Gasteiger partial charge is 0.416 e. The fourth-order valence-corrected chi connectivity index (χ4v) is 2.95. The van der Waals surface area contributed by atoms with Gasteiger partial charge in [-0.1, -0.05) is 5.92 Å². The van der Waals surface area contributed by atoms with Gasteiger partial charge in [0.25, 0.3) is 5.91 Å². The number of benzene rings is 1. The lowest BCUT2D eigenvalue weighted by Gasteiger charge is -2.11. The summed E-state index contributed by atoms with van der Waals surface area (Å²) in [6, 6.07) is 7.89. The van der Waals surface area contributed by atoms with E-state index in [0.717, 1.165) is 24.8 Å². The van der Waals surface area contributed by atoms with E-state index in [1.165, 1.54) is 24.5 Å². The highest BCUT2D eigenvalue weighted by Gasteiger charge is 2.31. The first kappa shape index (κ1) is 23.1. The standard InChI is InChI=1S/C23H15F3N8O/c24-23(25,26)17-7-18(31-14-29-13-27)9-19(8-17)33-22(35)16-6-15(10-28-11-16)3-4-20-12-30-21-2-1-5-32-34(20)21/h1-2,5-14H,(H,33,35)(H2,27,29,31). The van der Waals surface area contributed by atoms with Crippen LogP contribution in [-0.2, 0) is 6.18 Å². The molecule has 0 atom stereocenters. The molecule has 0 aliphatic rings. The van der Waals surface area contributed by atoms with Gasteiger partial charge in [-0.2, -0.15) is 18.3 Å². The monoisotopic (exact) mass is 476 g/mol. The number of aliphatic imine (C=N–C) groups is 2. The summed E-state index contributed by atoms with van der Waals surface area (Å²) in [7, 11) is 0. The maximum Gasteiger partial charge on any atom is 0.416 e. The van der Waals surface area contributed by atoms with Crippen molar-refractivity contribution in [3.63, 3.8) is 0 Å². The quantitative estimate of drug-likeness (QED) is 0.265. The molecule has 4 aromatic rings. The van der Waals surface area contributed by atoms with Crippen LogP contribution in [0, 0.1) is 11.8 Å². The third kappa shape index (κ3) is 5.66. The zero-order valence-electron chi connectivity index (χ0n) is 17.7. The molecule has 0 saturated heterocycles. The van der Waals surface area contributed by atoms with Gasteiger partial charge < -0.3 is 11.1 Å². The molecule has 0 unspecified atom stereocenters. The van der Waals surface area contributed by atoms with Gasteiger partial charge in [-0.25, -0.2) is 19.5 Å². The number of rotatable bonds is 4. The van der Waals surface area contributed by atoms with Gasteiger partial charge in [-0.15, -0.1) is 0 Å². The first-order valence-corrected chi connectivity index (χ1v) is 9.89. The van der Waals surface area contributed by atoms with E-state index in [2.05, 4.69) is 42.2 Å². The molecule has 3 heterocycles. The van der Waals surface area contributed by atoms with E-state index in [1.807, 2.05) is 0 Å². The van der Waals surface area contributed by atoms with E-state index < -0.39 is 17.6 Å². The van der Waals surface area contributed by atoms with Crippen molar-refractivity contribution < 1.29 is 18.0 Å². The molecule has 0 radical (unpaired) electrons. The molecular formula is C23H15F3N8O. The summed E-state index contributed by atoms with van der Waals surface area (Å²) in [5.74, 6) is 5.12. The maximum absolute atomic E-state index is 13.3. The normalized spacial score (nSPS) is 11.6. The highest BCUT2D eigenvalue weighted by molar-refractivity contribution is 6.04. The number of imidazole rings is 1. The van der Waals surface area contributed by atoms with Gasteiger partial charge in [0.15, 0.2) is 5.65 Å². The molecule has 12 heteroatoms. The summed E-state index contributed by atoms with van der Waals surface area (Å²) in [5.41, 5.74) is 5.60.